The molecule has 0 amide bonds. The summed E-state index contributed by atoms with van der Waals surface area (Å²) in [4.78, 5) is 25.7. The van der Waals surface area contributed by atoms with E-state index in [-0.39, 0.29) is 29.9 Å². The Balaban J connectivity index is 1.67. The second-order valence-electron chi connectivity index (χ2n) is 10.9. The molecule has 0 aliphatic heterocycles. The van der Waals surface area contributed by atoms with Gasteiger partial charge in [0.25, 0.3) is 0 Å². The van der Waals surface area contributed by atoms with E-state index in [1.54, 1.807) is 13.0 Å². The third-order valence-corrected chi connectivity index (χ3v) is 9.69. The van der Waals surface area contributed by atoms with Crippen LogP contribution in [-0.4, -0.2) is 25.7 Å². The van der Waals surface area contributed by atoms with Crippen molar-refractivity contribution in [1.82, 2.24) is 0 Å². The Morgan fingerprint density at radius 2 is 1.93 bits per heavy atom. The van der Waals surface area contributed by atoms with Gasteiger partial charge in [0.15, 0.2) is 0 Å². The van der Waals surface area contributed by atoms with Crippen LogP contribution in [0.1, 0.15) is 78.6 Å². The van der Waals surface area contributed by atoms with E-state index in [1.807, 2.05) is 6.92 Å². The molecule has 0 heterocycles. The van der Waals surface area contributed by atoms with E-state index in [2.05, 4.69) is 13.5 Å². The second-order valence-corrected chi connectivity index (χ2v) is 10.9. The minimum Gasteiger partial charge on any atom is -0.468 e. The van der Waals surface area contributed by atoms with Gasteiger partial charge in [-0.2, -0.15) is 0 Å². The Morgan fingerprint density at radius 3 is 2.63 bits per heavy atom. The van der Waals surface area contributed by atoms with Crippen LogP contribution in [0, 0.1) is 34.0 Å². The fourth-order valence-corrected chi connectivity index (χ4v) is 8.27. The van der Waals surface area contributed by atoms with E-state index in [0.717, 1.165) is 32.1 Å². The van der Waals surface area contributed by atoms with Gasteiger partial charge in [-0.1, -0.05) is 31.6 Å². The van der Waals surface area contributed by atoms with E-state index < -0.39 is 5.41 Å². The predicted octanol–water partition coefficient (Wildman–Crippen LogP) is 5.62. The zero-order chi connectivity index (χ0) is 21.7. The number of carbonyl (C=O) groups is 2. The highest BCUT2D eigenvalue weighted by Gasteiger charge is 2.66. The Bertz CT molecular complexity index is 782. The van der Waals surface area contributed by atoms with Crippen LogP contribution in [0.5, 0.6) is 0 Å². The normalized spacial score (nSPS) is 42.9. The molecular formula is C26H38O4. The summed E-state index contributed by atoms with van der Waals surface area (Å²) in [7, 11) is 1.48. The van der Waals surface area contributed by atoms with Gasteiger partial charge in [-0.15, -0.1) is 0 Å². The fraction of sp³-hybridized carbons (Fsp3) is 0.769. The largest absolute Gasteiger partial charge is 0.468 e. The smallest absolute Gasteiger partial charge is 0.333 e. The van der Waals surface area contributed by atoms with Crippen LogP contribution in [0.4, 0.5) is 0 Å². The van der Waals surface area contributed by atoms with Crippen LogP contribution < -0.4 is 0 Å². The first-order valence-corrected chi connectivity index (χ1v) is 11.8. The van der Waals surface area contributed by atoms with E-state index in [4.69, 9.17) is 9.47 Å². The molecule has 4 aliphatic carbocycles. The second kappa shape index (κ2) is 7.53. The summed E-state index contributed by atoms with van der Waals surface area (Å²) in [6, 6.07) is 0. The highest BCUT2D eigenvalue weighted by molar-refractivity contribution is 5.88. The van der Waals surface area contributed by atoms with Gasteiger partial charge in [0, 0.05) is 5.57 Å². The summed E-state index contributed by atoms with van der Waals surface area (Å²) in [5.74, 6) is 1.01. The molecule has 4 saturated carbocycles. The number of carbonyl (C=O) groups excluding carboxylic acids is 2. The Morgan fingerprint density at radius 1 is 1.17 bits per heavy atom. The molecule has 6 atom stereocenters. The molecule has 1 spiro atoms. The SMILES string of the molecule is C=C1C[C@@]23CC[C@@H]4[C@](COC(=O)/C(C)=C\C)(C(=O)OC)CCC[C@@]4(C)[C@@H]2CC[C@@H]1C3. The summed E-state index contributed by atoms with van der Waals surface area (Å²) in [6.45, 7) is 10.6. The topological polar surface area (TPSA) is 52.6 Å². The van der Waals surface area contributed by atoms with Crippen molar-refractivity contribution in [3.63, 3.8) is 0 Å². The molecule has 4 fully saturated rings. The van der Waals surface area contributed by atoms with Gasteiger partial charge in [-0.05, 0) is 93.8 Å². The van der Waals surface area contributed by atoms with E-state index in [9.17, 15) is 9.59 Å². The highest BCUT2D eigenvalue weighted by Crippen LogP contribution is 2.72. The van der Waals surface area contributed by atoms with Crippen LogP contribution in [0.25, 0.3) is 0 Å². The number of hydrogen-bond acceptors (Lipinski definition) is 4. The maximum atomic E-state index is 13.3. The van der Waals surface area contributed by atoms with E-state index >= 15 is 0 Å². The van der Waals surface area contributed by atoms with Gasteiger partial charge in [0.1, 0.15) is 12.0 Å². The van der Waals surface area contributed by atoms with Crippen LogP contribution in [-0.2, 0) is 19.1 Å². The summed E-state index contributed by atoms with van der Waals surface area (Å²) in [5, 5.41) is 0. The Kier molecular flexibility index (Phi) is 5.43. The number of rotatable bonds is 4. The fourth-order valence-electron chi connectivity index (χ4n) is 8.27. The molecule has 166 valence electrons. The van der Waals surface area contributed by atoms with Crippen molar-refractivity contribution < 1.29 is 19.1 Å². The lowest BCUT2D eigenvalue weighted by atomic mass is 9.40. The number of hydrogen-bond donors (Lipinski definition) is 0. The molecule has 0 unspecified atom stereocenters. The molecule has 4 heteroatoms. The Labute approximate surface area is 181 Å². The summed E-state index contributed by atoms with van der Waals surface area (Å²) >= 11 is 0. The molecule has 0 saturated heterocycles. The summed E-state index contributed by atoms with van der Waals surface area (Å²) in [5.41, 5.74) is 1.79. The molecular weight excluding hydrogens is 376 g/mol. The average molecular weight is 415 g/mol. The quantitative estimate of drug-likeness (QED) is 0.340. The predicted molar refractivity (Wildman–Crippen MR) is 117 cm³/mol. The zero-order valence-electron chi connectivity index (χ0n) is 19.2. The zero-order valence-corrected chi connectivity index (χ0v) is 19.2. The first-order valence-electron chi connectivity index (χ1n) is 11.8. The van der Waals surface area contributed by atoms with Gasteiger partial charge < -0.3 is 9.47 Å². The van der Waals surface area contributed by atoms with Crippen molar-refractivity contribution in [2.45, 2.75) is 78.6 Å². The van der Waals surface area contributed by atoms with Crippen LogP contribution >= 0.6 is 0 Å². The molecule has 0 aromatic rings. The lowest BCUT2D eigenvalue weighted by Gasteiger charge is -2.63. The molecule has 0 radical (unpaired) electrons. The van der Waals surface area contributed by atoms with Crippen molar-refractivity contribution >= 4 is 11.9 Å². The molecule has 4 nitrogen and oxygen atoms in total. The molecule has 4 rings (SSSR count). The maximum absolute atomic E-state index is 13.3. The van der Waals surface area contributed by atoms with Gasteiger partial charge in [0.05, 0.1) is 7.11 Å². The highest BCUT2D eigenvalue weighted by atomic mass is 16.5. The monoisotopic (exact) mass is 414 g/mol. The molecule has 30 heavy (non-hydrogen) atoms. The average Bonchev–Trinajstić information content (AvgIpc) is 2.97. The van der Waals surface area contributed by atoms with Gasteiger partial charge >= 0.3 is 11.9 Å². The van der Waals surface area contributed by atoms with Gasteiger partial charge in [-0.3, -0.25) is 4.79 Å². The number of ether oxygens (including phenoxy) is 2. The third-order valence-electron chi connectivity index (χ3n) is 9.69. The Hall–Kier alpha value is -1.58. The van der Waals surface area contributed by atoms with Crippen molar-refractivity contribution in [3.05, 3.63) is 23.8 Å². The van der Waals surface area contributed by atoms with Crippen molar-refractivity contribution in [3.8, 4) is 0 Å². The third kappa shape index (κ3) is 3.00. The number of fused-ring (bicyclic) bond motifs is 3. The minimum absolute atomic E-state index is 0.0856. The minimum atomic E-state index is -0.723. The summed E-state index contributed by atoms with van der Waals surface area (Å²) in [6.07, 6.45) is 11.8. The standard InChI is InChI=1S/C26H38O4/c1-6-17(2)22(27)30-16-26(23(28)29-5)12-7-11-24(4)20-9-8-19-15-25(20,14-18(19)3)13-10-21(24)26/h6,19-21H,3,7-16H2,1-2,4-5H3/b17-6-/t19-,20+,21+,24+,25-,26+/m1/s1. The molecule has 2 bridgehead atoms. The van der Waals surface area contributed by atoms with Crippen LogP contribution in [0.3, 0.4) is 0 Å². The van der Waals surface area contributed by atoms with Crippen molar-refractivity contribution in [1.29, 1.82) is 0 Å². The van der Waals surface area contributed by atoms with Crippen LogP contribution in [0.15, 0.2) is 23.8 Å². The number of allylic oxidation sites excluding steroid dienone is 2. The van der Waals surface area contributed by atoms with Crippen molar-refractivity contribution in [2.75, 3.05) is 13.7 Å². The summed E-state index contributed by atoms with van der Waals surface area (Å²) < 4.78 is 11.1. The van der Waals surface area contributed by atoms with E-state index in [0.29, 0.717) is 22.8 Å². The van der Waals surface area contributed by atoms with Gasteiger partial charge in [-0.25, -0.2) is 4.79 Å². The van der Waals surface area contributed by atoms with E-state index in [1.165, 1.54) is 38.4 Å². The maximum Gasteiger partial charge on any atom is 0.333 e. The molecule has 0 aromatic heterocycles. The number of methoxy groups -OCH3 is 1. The van der Waals surface area contributed by atoms with Gasteiger partial charge in [0.2, 0.25) is 0 Å². The lowest BCUT2D eigenvalue weighted by Crippen LogP contribution is -2.60. The van der Waals surface area contributed by atoms with Crippen molar-refractivity contribution in [2.24, 2.45) is 34.0 Å². The molecule has 0 aromatic carbocycles. The first kappa shape index (κ1) is 21.6. The lowest BCUT2D eigenvalue weighted by molar-refractivity contribution is -0.197. The molecule has 4 aliphatic rings. The number of esters is 2. The molecule has 0 N–H and O–H groups in total. The first-order chi connectivity index (χ1) is 14.2. The van der Waals surface area contributed by atoms with Crippen LogP contribution in [0.2, 0.25) is 0 Å².